The lowest BCUT2D eigenvalue weighted by Gasteiger charge is -2.20. The number of hydrogen-bond acceptors (Lipinski definition) is 2. The largest absolute Gasteiger partial charge is 0.443 e. The van der Waals surface area contributed by atoms with Crippen molar-refractivity contribution in [3.63, 3.8) is 0 Å². The van der Waals surface area contributed by atoms with Crippen LogP contribution in [0.1, 0.15) is 26.5 Å². The van der Waals surface area contributed by atoms with Gasteiger partial charge in [-0.3, -0.25) is 0 Å². The second-order valence-corrected chi connectivity index (χ2v) is 5.88. The van der Waals surface area contributed by atoms with Gasteiger partial charge in [-0.1, -0.05) is 0 Å². The molecule has 0 bridgehead atoms. The van der Waals surface area contributed by atoms with Crippen molar-refractivity contribution in [2.75, 3.05) is 0 Å². The molecule has 0 unspecified atom stereocenters. The second kappa shape index (κ2) is 4.29. The van der Waals surface area contributed by atoms with Gasteiger partial charge in [-0.05, 0) is 65.6 Å². The third-order valence-electron chi connectivity index (χ3n) is 1.72. The van der Waals surface area contributed by atoms with E-state index in [1.54, 1.807) is 0 Å². The molecule has 1 heterocycles. The quantitative estimate of drug-likeness (QED) is 0.713. The van der Waals surface area contributed by atoms with E-state index in [0.717, 1.165) is 10.2 Å². The van der Waals surface area contributed by atoms with Gasteiger partial charge in [0.2, 0.25) is 0 Å². The van der Waals surface area contributed by atoms with Crippen molar-refractivity contribution < 1.29 is 9.53 Å². The molecule has 1 rings (SSSR count). The van der Waals surface area contributed by atoms with Crippen LogP contribution in [0.3, 0.4) is 0 Å². The van der Waals surface area contributed by atoms with Crippen molar-refractivity contribution in [2.45, 2.75) is 33.3 Å². The fourth-order valence-corrected chi connectivity index (χ4v) is 2.41. The summed E-state index contributed by atoms with van der Waals surface area (Å²) in [4.78, 5) is 11.8. The van der Waals surface area contributed by atoms with Crippen LogP contribution in [0.5, 0.6) is 0 Å². The second-order valence-electron chi connectivity index (χ2n) is 4.22. The van der Waals surface area contributed by atoms with E-state index < -0.39 is 5.60 Å². The highest BCUT2D eigenvalue weighted by atomic mass is 79.9. The lowest BCUT2D eigenvalue weighted by Crippen LogP contribution is -2.27. The van der Waals surface area contributed by atoms with E-state index in [2.05, 4.69) is 31.9 Å². The van der Waals surface area contributed by atoms with Crippen LogP contribution in [-0.4, -0.2) is 16.3 Å². The molecule has 0 aliphatic heterocycles. The van der Waals surface area contributed by atoms with Crippen LogP contribution in [-0.2, 0) is 4.74 Å². The SMILES string of the molecule is Cc1c(Br)cc(Br)n1C(=O)OC(C)(C)C. The number of carbonyl (C=O) groups excluding carboxylic acids is 1. The minimum atomic E-state index is -0.486. The molecule has 0 N–H and O–H groups in total. The molecule has 84 valence electrons. The molecular formula is C10H13Br2NO2. The highest BCUT2D eigenvalue weighted by Crippen LogP contribution is 2.26. The molecule has 0 atom stereocenters. The maximum absolute atomic E-state index is 11.8. The molecule has 0 saturated carbocycles. The van der Waals surface area contributed by atoms with E-state index in [-0.39, 0.29) is 6.09 Å². The van der Waals surface area contributed by atoms with E-state index >= 15 is 0 Å². The first kappa shape index (κ1) is 12.8. The summed E-state index contributed by atoms with van der Waals surface area (Å²) in [6.45, 7) is 7.37. The molecule has 0 aliphatic rings. The molecular weight excluding hydrogens is 326 g/mol. The van der Waals surface area contributed by atoms with Crippen LogP contribution in [0.15, 0.2) is 15.1 Å². The van der Waals surface area contributed by atoms with Crippen LogP contribution in [0.25, 0.3) is 0 Å². The Bertz CT molecular complexity index is 391. The zero-order valence-corrected chi connectivity index (χ0v) is 12.3. The molecule has 0 amide bonds. The third-order valence-corrected chi connectivity index (χ3v) is 3.10. The monoisotopic (exact) mass is 337 g/mol. The molecule has 0 radical (unpaired) electrons. The number of ether oxygens (including phenoxy) is 1. The van der Waals surface area contributed by atoms with Gasteiger partial charge in [0.25, 0.3) is 0 Å². The summed E-state index contributed by atoms with van der Waals surface area (Å²) >= 11 is 6.66. The van der Waals surface area contributed by atoms with Gasteiger partial charge in [-0.2, -0.15) is 0 Å². The molecule has 1 aromatic rings. The van der Waals surface area contributed by atoms with E-state index in [1.165, 1.54) is 4.57 Å². The lowest BCUT2D eigenvalue weighted by molar-refractivity contribution is 0.0530. The summed E-state index contributed by atoms with van der Waals surface area (Å²) in [7, 11) is 0. The normalized spacial score (nSPS) is 11.6. The van der Waals surface area contributed by atoms with Gasteiger partial charge in [0.15, 0.2) is 0 Å². The molecule has 0 spiro atoms. The van der Waals surface area contributed by atoms with Crippen LogP contribution in [0.4, 0.5) is 4.79 Å². The summed E-state index contributed by atoms with van der Waals surface area (Å²) in [5.41, 5.74) is 0.329. The van der Waals surface area contributed by atoms with Crippen LogP contribution < -0.4 is 0 Å². The van der Waals surface area contributed by atoms with Crippen LogP contribution in [0, 0.1) is 6.92 Å². The van der Waals surface area contributed by atoms with Crippen LogP contribution in [0.2, 0.25) is 0 Å². The Morgan fingerprint density at radius 2 is 1.93 bits per heavy atom. The van der Waals surface area contributed by atoms with Gasteiger partial charge in [0.1, 0.15) is 5.60 Å². The maximum atomic E-state index is 11.8. The summed E-state index contributed by atoms with van der Waals surface area (Å²) in [5.74, 6) is 0. The summed E-state index contributed by atoms with van der Waals surface area (Å²) < 4.78 is 8.31. The minimum Gasteiger partial charge on any atom is -0.443 e. The molecule has 1 aromatic heterocycles. The molecule has 0 aromatic carbocycles. The van der Waals surface area contributed by atoms with Crippen LogP contribution >= 0.6 is 31.9 Å². The summed E-state index contributed by atoms with van der Waals surface area (Å²) in [6.07, 6.45) is -0.377. The van der Waals surface area contributed by atoms with Crippen molar-refractivity contribution >= 4 is 38.0 Å². The smallest absolute Gasteiger partial charge is 0.419 e. The minimum absolute atomic E-state index is 0.377. The first-order valence-electron chi connectivity index (χ1n) is 4.49. The lowest BCUT2D eigenvalue weighted by atomic mass is 10.2. The topological polar surface area (TPSA) is 31.2 Å². The number of rotatable bonds is 0. The fraction of sp³-hybridized carbons (Fsp3) is 0.500. The summed E-state index contributed by atoms with van der Waals surface area (Å²) in [5, 5.41) is 0. The van der Waals surface area contributed by atoms with Crippen molar-refractivity contribution in [2.24, 2.45) is 0 Å². The highest BCUT2D eigenvalue weighted by molar-refractivity contribution is 9.11. The highest BCUT2D eigenvalue weighted by Gasteiger charge is 2.21. The van der Waals surface area contributed by atoms with Crippen molar-refractivity contribution in [3.8, 4) is 0 Å². The first-order chi connectivity index (χ1) is 6.72. The third kappa shape index (κ3) is 3.08. The predicted octanol–water partition coefficient (Wildman–Crippen LogP) is 4.10. The van der Waals surface area contributed by atoms with Gasteiger partial charge >= 0.3 is 6.09 Å². The maximum Gasteiger partial charge on any atom is 0.419 e. The van der Waals surface area contributed by atoms with Crippen molar-refractivity contribution in [1.29, 1.82) is 0 Å². The predicted molar refractivity (Wildman–Crippen MR) is 66.2 cm³/mol. The Morgan fingerprint density at radius 3 is 2.27 bits per heavy atom. The average Bonchev–Trinajstić information content (AvgIpc) is 2.22. The Hall–Kier alpha value is -0.290. The molecule has 0 saturated heterocycles. The summed E-state index contributed by atoms with van der Waals surface area (Å²) in [6, 6.07) is 1.82. The Morgan fingerprint density at radius 1 is 1.40 bits per heavy atom. The van der Waals surface area contributed by atoms with Crippen molar-refractivity contribution in [3.05, 3.63) is 20.8 Å². The average molecular weight is 339 g/mol. The number of halogens is 2. The van der Waals surface area contributed by atoms with E-state index in [4.69, 9.17) is 4.74 Å². The van der Waals surface area contributed by atoms with E-state index in [1.807, 2.05) is 33.8 Å². The number of aromatic nitrogens is 1. The van der Waals surface area contributed by atoms with Gasteiger partial charge < -0.3 is 4.74 Å². The molecule has 5 heteroatoms. The van der Waals surface area contributed by atoms with Gasteiger partial charge in [0, 0.05) is 10.2 Å². The van der Waals surface area contributed by atoms with E-state index in [9.17, 15) is 4.79 Å². The number of nitrogens with zero attached hydrogens (tertiary/aromatic N) is 1. The van der Waals surface area contributed by atoms with Gasteiger partial charge in [-0.15, -0.1) is 0 Å². The van der Waals surface area contributed by atoms with Gasteiger partial charge in [-0.25, -0.2) is 9.36 Å². The molecule has 0 aliphatic carbocycles. The van der Waals surface area contributed by atoms with E-state index in [0.29, 0.717) is 4.60 Å². The molecule has 15 heavy (non-hydrogen) atoms. The Balaban J connectivity index is 3.02. The fourth-order valence-electron chi connectivity index (χ4n) is 1.07. The standard InChI is InChI=1S/C10H13Br2NO2/c1-6-7(11)5-8(12)13(6)9(14)15-10(2,3)4/h5H,1-4H3. The zero-order valence-electron chi connectivity index (χ0n) is 9.10. The molecule has 0 fully saturated rings. The van der Waals surface area contributed by atoms with Crippen molar-refractivity contribution in [1.82, 2.24) is 4.57 Å². The first-order valence-corrected chi connectivity index (χ1v) is 6.07. The number of hydrogen-bond donors (Lipinski definition) is 0. The zero-order chi connectivity index (χ0) is 11.8. The molecule has 3 nitrogen and oxygen atoms in total. The Labute approximate surface area is 106 Å². The Kier molecular flexibility index (Phi) is 3.66. The van der Waals surface area contributed by atoms with Gasteiger partial charge in [0.05, 0.1) is 4.60 Å². The number of carbonyl (C=O) groups is 1.